The van der Waals surface area contributed by atoms with Crippen LogP contribution < -0.4 is 0 Å². The molecule has 0 saturated heterocycles. The third-order valence-corrected chi connectivity index (χ3v) is 7.88. The van der Waals surface area contributed by atoms with Crippen LogP contribution in [0.15, 0.2) is 35.0 Å². The van der Waals surface area contributed by atoms with Crippen molar-refractivity contribution in [1.29, 1.82) is 0 Å². The minimum Gasteiger partial charge on any atom is -0.459 e. The van der Waals surface area contributed by atoms with Crippen LogP contribution in [-0.4, -0.2) is 42.7 Å². The zero-order valence-corrected chi connectivity index (χ0v) is 16.8. The van der Waals surface area contributed by atoms with Crippen LogP contribution in [0.3, 0.4) is 0 Å². The van der Waals surface area contributed by atoms with Crippen LogP contribution in [0.2, 0.25) is 0 Å². The van der Waals surface area contributed by atoms with Gasteiger partial charge >= 0.3 is 5.97 Å². The molecule has 0 amide bonds. The highest BCUT2D eigenvalue weighted by molar-refractivity contribution is 7.12. The van der Waals surface area contributed by atoms with Crippen LogP contribution in [0, 0.1) is 17.8 Å². The number of esters is 1. The molecule has 2 aromatic rings. The summed E-state index contributed by atoms with van der Waals surface area (Å²) in [6, 6.07) is 7.33. The minimum atomic E-state index is -1.69. The summed E-state index contributed by atoms with van der Waals surface area (Å²) >= 11 is 2.78. The van der Waals surface area contributed by atoms with Crippen molar-refractivity contribution in [2.24, 2.45) is 17.8 Å². The Kier molecular flexibility index (Phi) is 4.94. The molecule has 4 nitrogen and oxygen atoms in total. The Labute approximate surface area is 162 Å². The van der Waals surface area contributed by atoms with Gasteiger partial charge in [-0.25, -0.2) is 4.79 Å². The van der Waals surface area contributed by atoms with Crippen molar-refractivity contribution in [3.05, 3.63) is 44.8 Å². The highest BCUT2D eigenvalue weighted by Crippen LogP contribution is 2.51. The first-order valence-corrected chi connectivity index (χ1v) is 10.9. The molecule has 0 aromatic carbocycles. The number of rotatable bonds is 6. The summed E-state index contributed by atoms with van der Waals surface area (Å²) in [5, 5.41) is 15.1. The summed E-state index contributed by atoms with van der Waals surface area (Å²) in [6.07, 6.45) is 3.21. The van der Waals surface area contributed by atoms with Gasteiger partial charge in [0, 0.05) is 12.5 Å². The maximum absolute atomic E-state index is 13.2. The third-order valence-electron chi connectivity index (χ3n) is 5.92. The number of carbonyl (C=O) groups excluding carboxylic acids is 1. The zero-order chi connectivity index (χ0) is 18.3. The lowest BCUT2D eigenvalue weighted by Crippen LogP contribution is -2.40. The largest absolute Gasteiger partial charge is 0.459 e. The van der Waals surface area contributed by atoms with Crippen molar-refractivity contribution in [3.8, 4) is 0 Å². The zero-order valence-electron chi connectivity index (χ0n) is 15.1. The maximum atomic E-state index is 13.2. The number of hydrogen-bond acceptors (Lipinski definition) is 6. The molecule has 4 rings (SSSR count). The summed E-state index contributed by atoms with van der Waals surface area (Å²) in [4.78, 5) is 16.6. The van der Waals surface area contributed by atoms with Gasteiger partial charge in [-0.05, 0) is 68.1 Å². The molecule has 0 aliphatic heterocycles. The molecule has 140 valence electrons. The summed E-state index contributed by atoms with van der Waals surface area (Å²) in [5.74, 6) is 1.13. The Hall–Kier alpha value is -1.21. The fourth-order valence-electron chi connectivity index (χ4n) is 4.77. The smallest absolute Gasteiger partial charge is 0.349 e. The highest BCUT2D eigenvalue weighted by Gasteiger charge is 2.52. The van der Waals surface area contributed by atoms with E-state index in [1.54, 1.807) is 12.1 Å². The molecule has 4 unspecified atom stereocenters. The number of nitrogens with zero attached hydrogens (tertiary/aromatic N) is 1. The van der Waals surface area contributed by atoms with E-state index in [2.05, 4.69) is 19.0 Å². The molecule has 1 N–H and O–H groups in total. The number of aliphatic hydroxyl groups is 1. The summed E-state index contributed by atoms with van der Waals surface area (Å²) in [6.45, 7) is 1.05. The number of ether oxygens (including phenoxy) is 1. The molecule has 2 aliphatic carbocycles. The number of hydrogen-bond donors (Lipinski definition) is 1. The number of carbonyl (C=O) groups is 1. The van der Waals surface area contributed by atoms with E-state index in [1.165, 1.54) is 29.1 Å². The van der Waals surface area contributed by atoms with Crippen molar-refractivity contribution in [3.63, 3.8) is 0 Å². The van der Waals surface area contributed by atoms with Crippen LogP contribution >= 0.6 is 22.7 Å². The van der Waals surface area contributed by atoms with E-state index in [9.17, 15) is 9.90 Å². The molecule has 2 saturated carbocycles. The van der Waals surface area contributed by atoms with Gasteiger partial charge in [0.1, 0.15) is 6.10 Å². The van der Waals surface area contributed by atoms with Crippen LogP contribution in [0.5, 0.6) is 0 Å². The molecule has 4 atom stereocenters. The van der Waals surface area contributed by atoms with Crippen LogP contribution in [0.25, 0.3) is 0 Å². The van der Waals surface area contributed by atoms with E-state index in [4.69, 9.17) is 4.74 Å². The van der Waals surface area contributed by atoms with E-state index in [-0.39, 0.29) is 6.10 Å². The molecule has 2 aliphatic rings. The van der Waals surface area contributed by atoms with Crippen LogP contribution in [0.4, 0.5) is 0 Å². The standard InChI is InChI=1S/C20H25NO3S2/c1-21(2)12-15-13-7-8-14(15)16(11-13)24-19(22)20(23,17-5-3-9-25-17)18-6-4-10-26-18/h3-6,9-10,13-16,23H,7-8,11-12H2,1-2H3. The van der Waals surface area contributed by atoms with E-state index in [0.717, 1.165) is 19.4 Å². The van der Waals surface area contributed by atoms with Gasteiger partial charge < -0.3 is 14.7 Å². The van der Waals surface area contributed by atoms with Crippen LogP contribution in [-0.2, 0) is 15.1 Å². The minimum absolute atomic E-state index is 0.0716. The van der Waals surface area contributed by atoms with Gasteiger partial charge in [-0.2, -0.15) is 0 Å². The van der Waals surface area contributed by atoms with E-state index in [0.29, 0.717) is 27.5 Å². The average Bonchev–Trinajstić information content (AvgIpc) is 3.39. The summed E-state index contributed by atoms with van der Waals surface area (Å²) < 4.78 is 5.98. The molecule has 2 heterocycles. The quantitative estimate of drug-likeness (QED) is 0.765. The topological polar surface area (TPSA) is 49.8 Å². The molecule has 6 heteroatoms. The first kappa shape index (κ1) is 18.2. The molecule has 26 heavy (non-hydrogen) atoms. The molecule has 2 bridgehead atoms. The Bertz CT molecular complexity index is 707. The lowest BCUT2D eigenvalue weighted by molar-refractivity contribution is -0.170. The lowest BCUT2D eigenvalue weighted by atomic mass is 9.95. The SMILES string of the molecule is CN(C)CC1C2CCC1C(OC(=O)C(O)(c1cccs1)c1cccs1)C2. The Morgan fingerprint density at radius 1 is 1.23 bits per heavy atom. The van der Waals surface area contributed by atoms with E-state index >= 15 is 0 Å². The van der Waals surface area contributed by atoms with Gasteiger partial charge in [-0.1, -0.05) is 12.1 Å². The predicted octanol–water partition coefficient (Wildman–Crippen LogP) is 3.57. The predicted molar refractivity (Wildman–Crippen MR) is 104 cm³/mol. The highest BCUT2D eigenvalue weighted by atomic mass is 32.1. The fourth-order valence-corrected chi connectivity index (χ4v) is 6.48. The molecular formula is C20H25NO3S2. The monoisotopic (exact) mass is 391 g/mol. The van der Waals surface area contributed by atoms with Crippen molar-refractivity contribution in [2.75, 3.05) is 20.6 Å². The van der Waals surface area contributed by atoms with Gasteiger partial charge in [0.25, 0.3) is 0 Å². The summed E-state index contributed by atoms with van der Waals surface area (Å²) in [7, 11) is 4.20. The second-order valence-corrected chi connectivity index (χ2v) is 9.67. The molecule has 0 radical (unpaired) electrons. The first-order valence-electron chi connectivity index (χ1n) is 9.16. The Morgan fingerprint density at radius 3 is 2.42 bits per heavy atom. The van der Waals surface area contributed by atoms with Crippen molar-refractivity contribution < 1.29 is 14.6 Å². The molecule has 0 spiro atoms. The maximum Gasteiger partial charge on any atom is 0.349 e. The normalized spacial score (nSPS) is 28.0. The van der Waals surface area contributed by atoms with Gasteiger partial charge in [-0.3, -0.25) is 0 Å². The van der Waals surface area contributed by atoms with Crippen LogP contribution in [0.1, 0.15) is 29.0 Å². The number of fused-ring (bicyclic) bond motifs is 2. The van der Waals surface area contributed by atoms with Gasteiger partial charge in [0.15, 0.2) is 0 Å². The van der Waals surface area contributed by atoms with Crippen molar-refractivity contribution >= 4 is 28.6 Å². The van der Waals surface area contributed by atoms with Gasteiger partial charge in [-0.15, -0.1) is 22.7 Å². The van der Waals surface area contributed by atoms with E-state index in [1.807, 2.05) is 22.9 Å². The van der Waals surface area contributed by atoms with Crippen molar-refractivity contribution in [2.45, 2.75) is 31.0 Å². The Morgan fingerprint density at radius 2 is 1.88 bits per heavy atom. The number of thiophene rings is 2. The lowest BCUT2D eigenvalue weighted by Gasteiger charge is -2.29. The van der Waals surface area contributed by atoms with Gasteiger partial charge in [0.2, 0.25) is 5.60 Å². The third kappa shape index (κ3) is 3.03. The van der Waals surface area contributed by atoms with Gasteiger partial charge in [0.05, 0.1) is 9.75 Å². The molecule has 2 aromatic heterocycles. The summed E-state index contributed by atoms with van der Waals surface area (Å²) in [5.41, 5.74) is -1.69. The molecular weight excluding hydrogens is 366 g/mol. The second kappa shape index (κ2) is 7.08. The fraction of sp³-hybridized carbons (Fsp3) is 0.550. The van der Waals surface area contributed by atoms with Crippen molar-refractivity contribution in [1.82, 2.24) is 4.90 Å². The second-order valence-electron chi connectivity index (χ2n) is 7.77. The Balaban J connectivity index is 1.55. The van der Waals surface area contributed by atoms with E-state index < -0.39 is 11.6 Å². The first-order chi connectivity index (χ1) is 12.5. The average molecular weight is 392 g/mol. The molecule has 2 fully saturated rings.